The fourth-order valence-corrected chi connectivity index (χ4v) is 2.38. The fourth-order valence-electron chi connectivity index (χ4n) is 2.00. The van der Waals surface area contributed by atoms with E-state index < -0.39 is 6.10 Å². The first-order valence-corrected chi connectivity index (χ1v) is 6.81. The molecule has 0 heterocycles. The topological polar surface area (TPSA) is 64.7 Å². The van der Waals surface area contributed by atoms with Gasteiger partial charge in [-0.05, 0) is 36.4 Å². The molecule has 20 heavy (non-hydrogen) atoms. The zero-order valence-electron chi connectivity index (χ0n) is 11.3. The smallest absolute Gasteiger partial charge is 0.125 e. The van der Waals surface area contributed by atoms with Crippen LogP contribution >= 0.6 is 15.9 Å². The van der Waals surface area contributed by atoms with Gasteiger partial charge in [0.05, 0.1) is 14.2 Å². The highest BCUT2D eigenvalue weighted by molar-refractivity contribution is 9.10. The van der Waals surface area contributed by atoms with E-state index in [1.54, 1.807) is 44.6 Å². The Hall–Kier alpha value is -1.72. The summed E-state index contributed by atoms with van der Waals surface area (Å²) < 4.78 is 11.3. The van der Waals surface area contributed by atoms with Crippen molar-refractivity contribution >= 4 is 21.6 Å². The third-order valence-corrected chi connectivity index (χ3v) is 3.57. The van der Waals surface area contributed by atoms with Gasteiger partial charge in [0.15, 0.2) is 0 Å². The second-order valence-electron chi connectivity index (χ2n) is 4.28. The molecule has 1 unspecified atom stereocenters. The Morgan fingerprint density at radius 3 is 2.45 bits per heavy atom. The maximum absolute atomic E-state index is 10.6. The van der Waals surface area contributed by atoms with Gasteiger partial charge >= 0.3 is 0 Å². The molecule has 0 aliphatic heterocycles. The zero-order chi connectivity index (χ0) is 14.7. The summed E-state index contributed by atoms with van der Waals surface area (Å²) in [7, 11) is 3.13. The highest BCUT2D eigenvalue weighted by Crippen LogP contribution is 2.36. The number of methoxy groups -OCH3 is 2. The number of halogens is 1. The van der Waals surface area contributed by atoms with Crippen LogP contribution in [0.3, 0.4) is 0 Å². The molecule has 0 aliphatic rings. The molecule has 5 heteroatoms. The van der Waals surface area contributed by atoms with Crippen LogP contribution < -0.4 is 15.2 Å². The van der Waals surface area contributed by atoms with Crippen molar-refractivity contribution in [3.63, 3.8) is 0 Å². The Kier molecular flexibility index (Phi) is 4.52. The second kappa shape index (κ2) is 6.15. The average Bonchev–Trinajstić information content (AvgIpc) is 2.48. The number of hydrogen-bond donors (Lipinski definition) is 2. The van der Waals surface area contributed by atoms with E-state index in [9.17, 15) is 5.11 Å². The standard InChI is InChI=1S/C15H16BrNO3/c1-19-10-4-6-14(20-2)12(8-10)15(18)11-7-9(16)3-5-13(11)17/h3-8,15,18H,17H2,1-2H3. The van der Waals surface area contributed by atoms with E-state index in [2.05, 4.69) is 15.9 Å². The monoisotopic (exact) mass is 337 g/mol. The van der Waals surface area contributed by atoms with E-state index in [1.807, 2.05) is 6.07 Å². The van der Waals surface area contributed by atoms with Crippen LogP contribution in [0.5, 0.6) is 11.5 Å². The minimum absolute atomic E-state index is 0.519. The SMILES string of the molecule is COc1ccc(OC)c(C(O)c2cc(Br)ccc2N)c1. The molecular formula is C15H16BrNO3. The molecule has 0 saturated heterocycles. The van der Waals surface area contributed by atoms with Gasteiger partial charge in [0.2, 0.25) is 0 Å². The lowest BCUT2D eigenvalue weighted by atomic mass is 9.99. The van der Waals surface area contributed by atoms with Crippen LogP contribution in [0.4, 0.5) is 5.69 Å². The van der Waals surface area contributed by atoms with Crippen molar-refractivity contribution in [2.45, 2.75) is 6.10 Å². The summed E-state index contributed by atoms with van der Waals surface area (Å²) in [5.74, 6) is 1.23. The number of hydrogen-bond acceptors (Lipinski definition) is 4. The number of rotatable bonds is 4. The lowest BCUT2D eigenvalue weighted by Gasteiger charge is -2.18. The molecule has 106 valence electrons. The Morgan fingerprint density at radius 2 is 1.80 bits per heavy atom. The molecular weight excluding hydrogens is 322 g/mol. The molecule has 3 N–H and O–H groups in total. The summed E-state index contributed by atoms with van der Waals surface area (Å²) in [6.45, 7) is 0. The number of nitrogen functional groups attached to an aromatic ring is 1. The van der Waals surface area contributed by atoms with Crippen LogP contribution in [-0.2, 0) is 0 Å². The fraction of sp³-hybridized carbons (Fsp3) is 0.200. The minimum Gasteiger partial charge on any atom is -0.497 e. The number of aliphatic hydroxyl groups is 1. The van der Waals surface area contributed by atoms with Crippen molar-refractivity contribution in [3.8, 4) is 11.5 Å². The van der Waals surface area contributed by atoms with E-state index in [1.165, 1.54) is 0 Å². The Labute approximate surface area is 126 Å². The minimum atomic E-state index is -0.891. The molecule has 2 aromatic rings. The summed E-state index contributed by atoms with van der Waals surface area (Å²) in [6, 6.07) is 10.6. The maximum Gasteiger partial charge on any atom is 0.125 e. The number of anilines is 1. The van der Waals surface area contributed by atoms with Gasteiger partial charge in [0.1, 0.15) is 17.6 Å². The van der Waals surface area contributed by atoms with E-state index in [-0.39, 0.29) is 0 Å². The molecule has 2 rings (SSSR count). The first-order valence-electron chi connectivity index (χ1n) is 6.01. The van der Waals surface area contributed by atoms with E-state index >= 15 is 0 Å². The van der Waals surface area contributed by atoms with Crippen molar-refractivity contribution in [2.75, 3.05) is 20.0 Å². The normalized spacial score (nSPS) is 12.0. The first-order chi connectivity index (χ1) is 9.56. The van der Waals surface area contributed by atoms with Crippen molar-refractivity contribution in [3.05, 3.63) is 52.0 Å². The number of benzene rings is 2. The summed E-state index contributed by atoms with van der Waals surface area (Å²) in [5.41, 5.74) is 7.68. The van der Waals surface area contributed by atoms with E-state index in [0.717, 1.165) is 4.47 Å². The predicted molar refractivity (Wildman–Crippen MR) is 82.2 cm³/mol. The summed E-state index contributed by atoms with van der Waals surface area (Å²) in [6.07, 6.45) is -0.891. The third-order valence-electron chi connectivity index (χ3n) is 3.07. The molecule has 2 aromatic carbocycles. The third kappa shape index (κ3) is 2.89. The van der Waals surface area contributed by atoms with Gasteiger partial charge in [0, 0.05) is 21.3 Å². The van der Waals surface area contributed by atoms with Crippen LogP contribution in [-0.4, -0.2) is 19.3 Å². The van der Waals surface area contributed by atoms with Gasteiger partial charge in [-0.2, -0.15) is 0 Å². The molecule has 4 nitrogen and oxygen atoms in total. The van der Waals surface area contributed by atoms with Gasteiger partial charge in [-0.3, -0.25) is 0 Å². The summed E-state index contributed by atoms with van der Waals surface area (Å²) >= 11 is 3.38. The molecule has 0 saturated carbocycles. The Bertz CT molecular complexity index is 616. The molecule has 0 aliphatic carbocycles. The average molecular weight is 338 g/mol. The quantitative estimate of drug-likeness (QED) is 0.841. The number of aliphatic hydroxyl groups excluding tert-OH is 1. The van der Waals surface area contributed by atoms with Gasteiger partial charge in [-0.1, -0.05) is 15.9 Å². The highest BCUT2D eigenvalue weighted by atomic mass is 79.9. The van der Waals surface area contributed by atoms with Gasteiger partial charge in [-0.15, -0.1) is 0 Å². The Balaban J connectivity index is 2.51. The van der Waals surface area contributed by atoms with Crippen molar-refractivity contribution < 1.29 is 14.6 Å². The summed E-state index contributed by atoms with van der Waals surface area (Å²) in [5, 5.41) is 10.6. The molecule has 0 aromatic heterocycles. The van der Waals surface area contributed by atoms with Crippen LogP contribution in [0.15, 0.2) is 40.9 Å². The zero-order valence-corrected chi connectivity index (χ0v) is 12.8. The van der Waals surface area contributed by atoms with E-state index in [4.69, 9.17) is 15.2 Å². The van der Waals surface area contributed by atoms with Gasteiger partial charge in [0.25, 0.3) is 0 Å². The number of ether oxygens (including phenoxy) is 2. The van der Waals surface area contributed by atoms with Gasteiger partial charge in [-0.25, -0.2) is 0 Å². The van der Waals surface area contributed by atoms with Crippen molar-refractivity contribution in [2.24, 2.45) is 0 Å². The molecule has 0 spiro atoms. The van der Waals surface area contributed by atoms with Crippen molar-refractivity contribution in [1.29, 1.82) is 0 Å². The number of nitrogens with two attached hydrogens (primary N) is 1. The van der Waals surface area contributed by atoms with Crippen LogP contribution in [0, 0.1) is 0 Å². The van der Waals surface area contributed by atoms with Crippen LogP contribution in [0.1, 0.15) is 17.2 Å². The predicted octanol–water partition coefficient (Wildman–Crippen LogP) is 3.13. The Morgan fingerprint density at radius 1 is 1.05 bits per heavy atom. The highest BCUT2D eigenvalue weighted by Gasteiger charge is 2.19. The lowest BCUT2D eigenvalue weighted by Crippen LogP contribution is -2.06. The molecule has 0 radical (unpaired) electrons. The summed E-state index contributed by atoms with van der Waals surface area (Å²) in [4.78, 5) is 0. The van der Waals surface area contributed by atoms with E-state index in [0.29, 0.717) is 28.3 Å². The van der Waals surface area contributed by atoms with Crippen LogP contribution in [0.2, 0.25) is 0 Å². The molecule has 0 fully saturated rings. The molecule has 1 atom stereocenters. The lowest BCUT2D eigenvalue weighted by molar-refractivity contribution is 0.215. The largest absolute Gasteiger partial charge is 0.497 e. The molecule has 0 bridgehead atoms. The van der Waals surface area contributed by atoms with Gasteiger partial charge < -0.3 is 20.3 Å². The molecule has 0 amide bonds. The van der Waals surface area contributed by atoms with Crippen LogP contribution in [0.25, 0.3) is 0 Å². The van der Waals surface area contributed by atoms with Crippen molar-refractivity contribution in [1.82, 2.24) is 0 Å². The maximum atomic E-state index is 10.6. The first kappa shape index (κ1) is 14.7. The second-order valence-corrected chi connectivity index (χ2v) is 5.20.